The molecule has 7 rings (SSSR count). The molecule has 294 valence electrons. The van der Waals surface area contributed by atoms with E-state index in [-0.39, 0.29) is 49.9 Å². The minimum Gasteiger partial charge on any atom is -0.446 e. The Kier molecular flexibility index (Phi) is 10.9. The number of aryl methyl sites for hydroxylation is 1. The molecule has 0 bridgehead atoms. The first-order valence-corrected chi connectivity index (χ1v) is 20.4. The van der Waals surface area contributed by atoms with Crippen molar-refractivity contribution in [1.29, 1.82) is 0 Å². The topological polar surface area (TPSA) is 181 Å². The van der Waals surface area contributed by atoms with E-state index in [2.05, 4.69) is 15.4 Å². The van der Waals surface area contributed by atoms with Crippen molar-refractivity contribution < 1.29 is 46.3 Å². The molecule has 0 radical (unpaired) electrons. The molecule has 0 spiro atoms. The Labute approximate surface area is 319 Å². The van der Waals surface area contributed by atoms with Crippen LogP contribution in [0.5, 0.6) is 0 Å². The van der Waals surface area contributed by atoms with Crippen molar-refractivity contribution in [1.82, 2.24) is 25.2 Å². The molecule has 2 aromatic rings. The predicted molar refractivity (Wildman–Crippen MR) is 195 cm³/mol. The van der Waals surface area contributed by atoms with E-state index >= 15 is 0 Å². The summed E-state index contributed by atoms with van der Waals surface area (Å²) < 4.78 is 54.8. The fourth-order valence-corrected chi connectivity index (χ4v) is 9.12. The normalized spacial score (nSPS) is 27.5. The molecule has 1 saturated heterocycles. The summed E-state index contributed by atoms with van der Waals surface area (Å²) in [6, 6.07) is 8.51. The van der Waals surface area contributed by atoms with Crippen LogP contribution in [0.4, 0.5) is 14.0 Å². The number of ether oxygens (including phenoxy) is 2. The van der Waals surface area contributed by atoms with Gasteiger partial charge in [0.15, 0.2) is 0 Å². The van der Waals surface area contributed by atoms with Crippen LogP contribution in [0, 0.1) is 18.7 Å². The maximum absolute atomic E-state index is 14.5. The Morgan fingerprint density at radius 3 is 2.49 bits per heavy atom. The van der Waals surface area contributed by atoms with Crippen molar-refractivity contribution in [2.45, 2.75) is 119 Å². The van der Waals surface area contributed by atoms with Crippen LogP contribution >= 0.6 is 0 Å². The lowest BCUT2D eigenvalue weighted by atomic mass is 9.96. The summed E-state index contributed by atoms with van der Waals surface area (Å²) in [5, 5.41) is 5.51. The minimum atomic E-state index is -4.32. The number of hydrogen-bond donors (Lipinski definition) is 3. The molecule has 0 unspecified atom stereocenters. The van der Waals surface area contributed by atoms with Crippen LogP contribution in [0.2, 0.25) is 0 Å². The maximum Gasteiger partial charge on any atom is 0.410 e. The van der Waals surface area contributed by atoms with Gasteiger partial charge in [0.2, 0.25) is 11.8 Å². The van der Waals surface area contributed by atoms with Crippen LogP contribution in [0.3, 0.4) is 0 Å². The molecule has 14 nitrogen and oxygen atoms in total. The molecule has 55 heavy (non-hydrogen) atoms. The van der Waals surface area contributed by atoms with E-state index in [1.165, 1.54) is 21.9 Å². The molecule has 16 heteroatoms. The molecule has 2 aliphatic carbocycles. The second-order valence-electron chi connectivity index (χ2n) is 15.2. The maximum atomic E-state index is 14.5. The van der Waals surface area contributed by atoms with Gasteiger partial charge in [-0.2, -0.15) is 0 Å². The van der Waals surface area contributed by atoms with Crippen LogP contribution in [0.15, 0.2) is 59.5 Å². The van der Waals surface area contributed by atoms with Gasteiger partial charge in [-0.25, -0.2) is 27.1 Å². The first-order chi connectivity index (χ1) is 26.3. The van der Waals surface area contributed by atoms with E-state index in [0.717, 1.165) is 32.1 Å². The first-order valence-electron chi connectivity index (χ1n) is 19.0. The number of nitrogens with zero attached hydrogens (tertiary/aromatic N) is 2. The molecule has 3 N–H and O–H groups in total. The van der Waals surface area contributed by atoms with Gasteiger partial charge >= 0.3 is 12.2 Å². The van der Waals surface area contributed by atoms with E-state index in [9.17, 15) is 36.8 Å². The summed E-state index contributed by atoms with van der Waals surface area (Å²) in [5.74, 6) is -3.20. The number of hydrogen-bond acceptors (Lipinski definition) is 9. The average Bonchev–Trinajstić information content (AvgIpc) is 3.42. The fraction of sp³-hybridized carbons (Fsp3) is 0.513. The van der Waals surface area contributed by atoms with Crippen LogP contribution in [-0.4, -0.2) is 84.5 Å². The van der Waals surface area contributed by atoms with Gasteiger partial charge in [0.1, 0.15) is 35.6 Å². The van der Waals surface area contributed by atoms with Crippen LogP contribution in [0.1, 0.15) is 80.9 Å². The molecule has 3 heterocycles. The van der Waals surface area contributed by atoms with Gasteiger partial charge in [-0.3, -0.25) is 19.3 Å². The number of halogens is 1. The molecule has 3 aliphatic heterocycles. The number of fused-ring (bicyclic) bond motifs is 3. The van der Waals surface area contributed by atoms with Crippen molar-refractivity contribution in [2.75, 3.05) is 6.54 Å². The lowest BCUT2D eigenvalue weighted by Crippen LogP contribution is -2.58. The number of carbonyl (C=O) groups is 5. The largest absolute Gasteiger partial charge is 0.446 e. The van der Waals surface area contributed by atoms with Gasteiger partial charge in [0, 0.05) is 24.4 Å². The summed E-state index contributed by atoms with van der Waals surface area (Å²) in [6.45, 7) is 1.53. The monoisotopic (exact) mass is 779 g/mol. The number of sulfonamides is 1. The zero-order chi connectivity index (χ0) is 38.9. The van der Waals surface area contributed by atoms with Crippen molar-refractivity contribution >= 4 is 39.9 Å². The van der Waals surface area contributed by atoms with Gasteiger partial charge in [0.05, 0.1) is 18.0 Å². The third-order valence-corrected chi connectivity index (χ3v) is 12.8. The molecular formula is C39H46FN5O9S. The van der Waals surface area contributed by atoms with Crippen molar-refractivity contribution in [3.8, 4) is 0 Å². The Bertz CT molecular complexity index is 2010. The zero-order valence-electron chi connectivity index (χ0n) is 30.6. The average molecular weight is 780 g/mol. The van der Waals surface area contributed by atoms with E-state index in [1.807, 2.05) is 6.08 Å². The smallest absolute Gasteiger partial charge is 0.410 e. The van der Waals surface area contributed by atoms with Crippen LogP contribution in [0.25, 0.3) is 0 Å². The predicted octanol–water partition coefficient (Wildman–Crippen LogP) is 4.10. The highest BCUT2D eigenvalue weighted by Crippen LogP contribution is 2.46. The lowest BCUT2D eigenvalue weighted by molar-refractivity contribution is -0.141. The van der Waals surface area contributed by atoms with Crippen molar-refractivity contribution in [2.24, 2.45) is 5.92 Å². The minimum absolute atomic E-state index is 0.00677. The molecule has 5 atom stereocenters. The summed E-state index contributed by atoms with van der Waals surface area (Å²) >= 11 is 0. The van der Waals surface area contributed by atoms with Crippen LogP contribution in [-0.2, 0) is 47.0 Å². The van der Waals surface area contributed by atoms with Crippen molar-refractivity contribution in [3.63, 3.8) is 0 Å². The Balaban J connectivity index is 1.14. The molecule has 3 fully saturated rings. The van der Waals surface area contributed by atoms with E-state index in [4.69, 9.17) is 9.47 Å². The number of rotatable bonds is 6. The van der Waals surface area contributed by atoms with Gasteiger partial charge in [-0.1, -0.05) is 55.3 Å². The molecule has 2 aromatic carbocycles. The summed E-state index contributed by atoms with van der Waals surface area (Å²) in [6.07, 6.45) is 6.37. The second-order valence-corrected chi connectivity index (χ2v) is 16.8. The van der Waals surface area contributed by atoms with Gasteiger partial charge in [-0.05, 0) is 75.1 Å². The summed E-state index contributed by atoms with van der Waals surface area (Å²) in [5.41, 5.74) is -0.170. The third kappa shape index (κ3) is 8.19. The molecular weight excluding hydrogens is 734 g/mol. The Morgan fingerprint density at radius 2 is 1.75 bits per heavy atom. The van der Waals surface area contributed by atoms with E-state index < -0.39 is 75.4 Å². The highest BCUT2D eigenvalue weighted by Gasteiger charge is 2.62. The van der Waals surface area contributed by atoms with Gasteiger partial charge < -0.3 is 25.0 Å². The number of nitrogens with one attached hydrogen (secondary N) is 3. The molecule has 5 amide bonds. The number of benzene rings is 2. The fourth-order valence-electron chi connectivity index (χ4n) is 7.83. The number of allylic oxidation sites excluding steroid dienone is 1. The highest BCUT2D eigenvalue weighted by atomic mass is 32.2. The number of carbonyl (C=O) groups excluding carboxylic acids is 5. The number of amides is 5. The third-order valence-electron chi connectivity index (χ3n) is 11.3. The summed E-state index contributed by atoms with van der Waals surface area (Å²) in [4.78, 5) is 71.5. The van der Waals surface area contributed by atoms with E-state index in [1.54, 1.807) is 43.3 Å². The lowest BCUT2D eigenvalue weighted by Gasteiger charge is -2.31. The van der Waals surface area contributed by atoms with Gasteiger partial charge in [-0.15, -0.1) is 0 Å². The molecule has 0 aromatic heterocycles. The Morgan fingerprint density at radius 1 is 0.945 bits per heavy atom. The standard InChI is InChI=1S/C39H46FN5O9S/c1-24-11-7-8-18-33(24)55(51,52)43-36(48)39-20-26(39)13-5-3-2-4-6-17-31(41-37(49)53-27-14-10-15-27)35(47)45-22-28(19-32(45)34(46)42-39)54-38(50)44-21-25-12-9-16-30(40)29(25)23-44/h5,7-9,11-13,16,18,26-28,31-32H,2-4,6,10,14-15,17,19-23H2,1H3,(H,41,49)(H,42,46)(H,43,48)/b13-5-/t26-,28+,31-,32-,39+/m0/s1. The SMILES string of the molecule is Cc1ccccc1S(=O)(=O)NC(=O)[C@@]12C[C@@H]1/C=C\CCCCC[C@H](NC(=O)OC1CCC1)C(=O)N1C[C@H](OC(=O)N3Cc4cccc(F)c4C3)C[C@H]1C(=O)N2. The van der Waals surface area contributed by atoms with Gasteiger partial charge in [0.25, 0.3) is 15.9 Å². The highest BCUT2D eigenvalue weighted by molar-refractivity contribution is 7.90. The summed E-state index contributed by atoms with van der Waals surface area (Å²) in [7, 11) is -4.32. The number of alkyl carbamates (subject to hydrolysis) is 1. The van der Waals surface area contributed by atoms with Crippen molar-refractivity contribution in [3.05, 3.63) is 77.1 Å². The molecule has 2 saturated carbocycles. The Hall–Kier alpha value is -4.99. The quantitative estimate of drug-likeness (QED) is 0.364. The first kappa shape index (κ1) is 38.3. The van der Waals surface area contributed by atoms with Crippen LogP contribution < -0.4 is 15.4 Å². The van der Waals surface area contributed by atoms with E-state index in [0.29, 0.717) is 29.5 Å². The second kappa shape index (κ2) is 15.6. The molecule has 5 aliphatic rings. The zero-order valence-corrected chi connectivity index (χ0v) is 31.4.